The summed E-state index contributed by atoms with van der Waals surface area (Å²) in [7, 11) is 1.72. The molecule has 1 aliphatic heterocycles. The van der Waals surface area contributed by atoms with Gasteiger partial charge in [0, 0.05) is 12.7 Å². The Morgan fingerprint density at radius 3 is 2.65 bits per heavy atom. The number of carbonyl (C=O) groups is 1. The van der Waals surface area contributed by atoms with E-state index in [-0.39, 0.29) is 12.5 Å². The third-order valence-corrected chi connectivity index (χ3v) is 3.94. The van der Waals surface area contributed by atoms with Gasteiger partial charge in [0.2, 0.25) is 0 Å². The molecule has 4 rings (SSSR count). The van der Waals surface area contributed by atoms with E-state index in [1.54, 1.807) is 11.9 Å². The van der Waals surface area contributed by atoms with Gasteiger partial charge in [-0.15, -0.1) is 0 Å². The van der Waals surface area contributed by atoms with Crippen LogP contribution in [0.5, 0.6) is 5.75 Å². The van der Waals surface area contributed by atoms with Crippen molar-refractivity contribution in [1.82, 2.24) is 5.16 Å². The highest BCUT2D eigenvalue weighted by molar-refractivity contribution is 6.06. The summed E-state index contributed by atoms with van der Waals surface area (Å²) in [6, 6.07) is 17.0. The first-order valence-corrected chi connectivity index (χ1v) is 7.29. The Labute approximate surface area is 133 Å². The van der Waals surface area contributed by atoms with Crippen LogP contribution in [0.3, 0.4) is 0 Å². The molecule has 0 spiro atoms. The molecule has 1 aliphatic rings. The highest BCUT2D eigenvalue weighted by Gasteiger charge is 2.30. The average Bonchev–Trinajstić information content (AvgIpc) is 3.05. The summed E-state index contributed by atoms with van der Waals surface area (Å²) in [6.07, 6.45) is 0. The topological polar surface area (TPSA) is 55.6 Å². The highest BCUT2D eigenvalue weighted by atomic mass is 16.5. The summed E-state index contributed by atoms with van der Waals surface area (Å²) in [6.45, 7) is 0.277. The third-order valence-electron chi connectivity index (χ3n) is 3.94. The summed E-state index contributed by atoms with van der Waals surface area (Å²) in [5.41, 5.74) is 2.60. The minimum absolute atomic E-state index is 0.218. The van der Waals surface area contributed by atoms with Crippen molar-refractivity contribution >= 4 is 11.6 Å². The minimum atomic E-state index is -0.218. The van der Waals surface area contributed by atoms with E-state index >= 15 is 0 Å². The van der Waals surface area contributed by atoms with Crippen LogP contribution >= 0.6 is 0 Å². The van der Waals surface area contributed by atoms with E-state index < -0.39 is 0 Å². The van der Waals surface area contributed by atoms with Crippen LogP contribution in [-0.4, -0.2) is 18.1 Å². The number of aromatic nitrogens is 1. The van der Waals surface area contributed by atoms with Gasteiger partial charge < -0.3 is 14.2 Å². The molecule has 5 heteroatoms. The lowest BCUT2D eigenvalue weighted by molar-refractivity contribution is 0.0982. The van der Waals surface area contributed by atoms with E-state index in [2.05, 4.69) is 5.16 Å². The third kappa shape index (κ3) is 2.17. The molecular formula is C18H14N2O3. The second-order valence-electron chi connectivity index (χ2n) is 5.32. The summed E-state index contributed by atoms with van der Waals surface area (Å²) in [4.78, 5) is 14.3. The van der Waals surface area contributed by atoms with E-state index in [4.69, 9.17) is 9.26 Å². The Morgan fingerprint density at radius 1 is 1.09 bits per heavy atom. The molecule has 0 saturated heterocycles. The number of para-hydroxylation sites is 2. The van der Waals surface area contributed by atoms with Gasteiger partial charge in [-0.2, -0.15) is 0 Å². The average molecular weight is 306 g/mol. The van der Waals surface area contributed by atoms with E-state index in [1.807, 2.05) is 54.6 Å². The Kier molecular flexibility index (Phi) is 3.12. The van der Waals surface area contributed by atoms with Gasteiger partial charge in [-0.25, -0.2) is 0 Å². The fraction of sp³-hybridized carbons (Fsp3) is 0.111. The van der Waals surface area contributed by atoms with Crippen molar-refractivity contribution in [2.24, 2.45) is 0 Å². The largest absolute Gasteiger partial charge is 0.488 e. The molecule has 23 heavy (non-hydrogen) atoms. The van der Waals surface area contributed by atoms with Crippen LogP contribution in [0, 0.1) is 0 Å². The monoisotopic (exact) mass is 306 g/mol. The number of hydrogen-bond donors (Lipinski definition) is 0. The summed E-state index contributed by atoms with van der Waals surface area (Å²) < 4.78 is 11.2. The van der Waals surface area contributed by atoms with E-state index in [0.717, 1.165) is 17.0 Å². The molecule has 5 nitrogen and oxygen atoms in total. The van der Waals surface area contributed by atoms with Crippen molar-refractivity contribution in [3.05, 3.63) is 65.9 Å². The molecule has 0 fully saturated rings. The predicted molar refractivity (Wildman–Crippen MR) is 85.4 cm³/mol. The first kappa shape index (κ1) is 13.6. The zero-order valence-electron chi connectivity index (χ0n) is 12.5. The second-order valence-corrected chi connectivity index (χ2v) is 5.32. The first-order valence-electron chi connectivity index (χ1n) is 7.29. The van der Waals surface area contributed by atoms with Crippen molar-refractivity contribution in [2.75, 3.05) is 11.9 Å². The minimum Gasteiger partial charge on any atom is -0.488 e. The van der Waals surface area contributed by atoms with Gasteiger partial charge in [0.05, 0.1) is 11.1 Å². The Balaban J connectivity index is 1.73. The lowest BCUT2D eigenvalue weighted by Gasteiger charge is -2.18. The van der Waals surface area contributed by atoms with E-state index in [9.17, 15) is 4.79 Å². The number of hydrogen-bond acceptors (Lipinski definition) is 4. The Bertz CT molecular complexity index is 871. The molecule has 0 N–H and O–H groups in total. The fourth-order valence-electron chi connectivity index (χ4n) is 2.68. The van der Waals surface area contributed by atoms with Crippen LogP contribution in [0.25, 0.3) is 11.3 Å². The standard InChI is InChI=1S/C18H14N2O3/c1-20(12-7-3-2-4-8-12)18(21)16-14-11-22-15-10-6-5-9-13(15)17(14)23-19-16/h2-10H,11H2,1H3. The number of anilines is 1. The summed E-state index contributed by atoms with van der Waals surface area (Å²) in [5, 5.41) is 4.00. The van der Waals surface area contributed by atoms with Gasteiger partial charge in [0.15, 0.2) is 11.5 Å². The molecule has 0 atom stereocenters. The van der Waals surface area contributed by atoms with Crippen LogP contribution in [0.2, 0.25) is 0 Å². The first-order chi connectivity index (χ1) is 11.3. The Morgan fingerprint density at radius 2 is 1.83 bits per heavy atom. The predicted octanol–water partition coefficient (Wildman–Crippen LogP) is 3.51. The van der Waals surface area contributed by atoms with Crippen LogP contribution in [-0.2, 0) is 6.61 Å². The number of ether oxygens (including phenoxy) is 1. The smallest absolute Gasteiger partial charge is 0.280 e. The van der Waals surface area contributed by atoms with Gasteiger partial charge >= 0.3 is 0 Å². The molecular weight excluding hydrogens is 292 g/mol. The van der Waals surface area contributed by atoms with Gasteiger partial charge in [0.1, 0.15) is 12.4 Å². The lowest BCUT2D eigenvalue weighted by atomic mass is 10.0. The Hall–Kier alpha value is -3.08. The molecule has 0 aliphatic carbocycles. The molecule has 3 aromatic rings. The zero-order chi connectivity index (χ0) is 15.8. The maximum Gasteiger partial charge on any atom is 0.280 e. The number of nitrogens with zero attached hydrogens (tertiary/aromatic N) is 2. The number of amides is 1. The fourth-order valence-corrected chi connectivity index (χ4v) is 2.68. The van der Waals surface area contributed by atoms with Crippen molar-refractivity contribution in [1.29, 1.82) is 0 Å². The van der Waals surface area contributed by atoms with Gasteiger partial charge in [-0.05, 0) is 24.3 Å². The SMILES string of the molecule is CN(C(=O)c1noc2c1COc1ccccc1-2)c1ccccc1. The second kappa shape index (κ2) is 5.28. The van der Waals surface area contributed by atoms with E-state index in [1.165, 1.54) is 0 Å². The van der Waals surface area contributed by atoms with E-state index in [0.29, 0.717) is 17.0 Å². The highest BCUT2D eigenvalue weighted by Crippen LogP contribution is 2.38. The molecule has 2 aromatic carbocycles. The number of rotatable bonds is 2. The van der Waals surface area contributed by atoms with Crippen molar-refractivity contribution in [3.63, 3.8) is 0 Å². The molecule has 0 unspecified atom stereocenters. The number of fused-ring (bicyclic) bond motifs is 3. The maximum absolute atomic E-state index is 12.7. The van der Waals surface area contributed by atoms with Gasteiger partial charge in [0.25, 0.3) is 5.91 Å². The van der Waals surface area contributed by atoms with Gasteiger partial charge in [-0.1, -0.05) is 35.5 Å². The van der Waals surface area contributed by atoms with Crippen LogP contribution in [0.4, 0.5) is 5.69 Å². The number of benzene rings is 2. The van der Waals surface area contributed by atoms with Crippen LogP contribution in [0.1, 0.15) is 16.1 Å². The van der Waals surface area contributed by atoms with Crippen molar-refractivity contribution in [3.8, 4) is 17.1 Å². The molecule has 0 saturated carbocycles. The van der Waals surface area contributed by atoms with Crippen molar-refractivity contribution < 1.29 is 14.1 Å². The quantitative estimate of drug-likeness (QED) is 0.727. The molecule has 114 valence electrons. The molecule has 1 aromatic heterocycles. The molecule has 0 bridgehead atoms. The molecule has 1 amide bonds. The lowest BCUT2D eigenvalue weighted by Crippen LogP contribution is -2.27. The van der Waals surface area contributed by atoms with Crippen LogP contribution in [0.15, 0.2) is 59.1 Å². The van der Waals surface area contributed by atoms with Crippen LogP contribution < -0.4 is 9.64 Å². The molecule has 0 radical (unpaired) electrons. The maximum atomic E-state index is 12.7. The normalized spacial score (nSPS) is 12.0. The van der Waals surface area contributed by atoms with Crippen molar-refractivity contribution in [2.45, 2.75) is 6.61 Å². The zero-order valence-corrected chi connectivity index (χ0v) is 12.5. The summed E-state index contributed by atoms with van der Waals surface area (Å²) in [5.74, 6) is 1.13. The molecule has 2 heterocycles. The number of carbonyl (C=O) groups excluding carboxylic acids is 1. The van der Waals surface area contributed by atoms with Gasteiger partial charge in [-0.3, -0.25) is 4.79 Å². The summed E-state index contributed by atoms with van der Waals surface area (Å²) >= 11 is 0.